The van der Waals surface area contributed by atoms with E-state index in [1.165, 1.54) is 17.2 Å². The van der Waals surface area contributed by atoms with E-state index in [1.807, 2.05) is 11.7 Å². The molecular formula is C17H19N6+. The van der Waals surface area contributed by atoms with Crippen LogP contribution < -0.4 is 10.4 Å². The summed E-state index contributed by atoms with van der Waals surface area (Å²) in [5, 5.41) is 5.51. The second kappa shape index (κ2) is 4.81. The molecule has 0 aliphatic heterocycles. The predicted molar refractivity (Wildman–Crippen MR) is 90.8 cm³/mol. The molecule has 0 atom stereocenters. The van der Waals surface area contributed by atoms with Gasteiger partial charge in [0.25, 0.3) is 0 Å². The highest BCUT2D eigenvalue weighted by molar-refractivity contribution is 5.98. The normalized spacial score (nSPS) is 11.8. The summed E-state index contributed by atoms with van der Waals surface area (Å²) in [5.41, 5.74) is 10.2. The zero-order valence-electron chi connectivity index (χ0n) is 13.4. The Kier molecular flexibility index (Phi) is 2.87. The Morgan fingerprint density at radius 2 is 2.04 bits per heavy atom. The van der Waals surface area contributed by atoms with Gasteiger partial charge in [0.2, 0.25) is 6.33 Å². The Labute approximate surface area is 133 Å². The molecule has 3 N–H and O–H groups in total. The third-order valence-electron chi connectivity index (χ3n) is 4.26. The number of nitrogens with two attached hydrogens (primary N) is 1. The van der Waals surface area contributed by atoms with E-state index < -0.39 is 0 Å². The maximum absolute atomic E-state index is 6.14. The summed E-state index contributed by atoms with van der Waals surface area (Å²) in [6, 6.07) is 8.75. The van der Waals surface area contributed by atoms with Crippen LogP contribution >= 0.6 is 0 Å². The number of nitrogens with zero attached hydrogens (tertiary/aromatic N) is 4. The van der Waals surface area contributed by atoms with Gasteiger partial charge in [-0.05, 0) is 37.0 Å². The van der Waals surface area contributed by atoms with Crippen LogP contribution in [0.5, 0.6) is 0 Å². The lowest BCUT2D eigenvalue weighted by Gasteiger charge is -2.02. The van der Waals surface area contributed by atoms with Crippen molar-refractivity contribution >= 4 is 27.8 Å². The van der Waals surface area contributed by atoms with Crippen LogP contribution in [0.2, 0.25) is 0 Å². The molecular weight excluding hydrogens is 288 g/mol. The molecule has 6 nitrogen and oxygen atoms in total. The van der Waals surface area contributed by atoms with E-state index in [-0.39, 0.29) is 6.04 Å². The van der Waals surface area contributed by atoms with Gasteiger partial charge in [0, 0.05) is 29.7 Å². The van der Waals surface area contributed by atoms with E-state index in [4.69, 9.17) is 5.73 Å². The van der Waals surface area contributed by atoms with Crippen molar-refractivity contribution in [3.05, 3.63) is 36.8 Å². The molecule has 0 bridgehead atoms. The van der Waals surface area contributed by atoms with Gasteiger partial charge in [-0.1, -0.05) is 6.07 Å². The van der Waals surface area contributed by atoms with Gasteiger partial charge < -0.3 is 10.3 Å². The number of nitrogen functional groups attached to an aromatic ring is 1. The lowest BCUT2D eigenvalue weighted by molar-refractivity contribution is -0.746. The van der Waals surface area contributed by atoms with Crippen molar-refractivity contribution in [3.8, 4) is 11.3 Å². The fourth-order valence-corrected chi connectivity index (χ4v) is 3.06. The van der Waals surface area contributed by atoms with Gasteiger partial charge in [0.1, 0.15) is 22.9 Å². The second-order valence-electron chi connectivity index (χ2n) is 6.11. The summed E-state index contributed by atoms with van der Waals surface area (Å²) in [6.45, 7) is 4.22. The number of H-pyrrole nitrogens is 1. The average molecular weight is 307 g/mol. The Balaban J connectivity index is 2.03. The van der Waals surface area contributed by atoms with Crippen molar-refractivity contribution < 1.29 is 4.68 Å². The number of nitrogens with one attached hydrogen (secondary N) is 1. The largest absolute Gasteiger partial charge is 0.383 e. The first kappa shape index (κ1) is 13.8. The maximum Gasteiger partial charge on any atom is 0.356 e. The smallest absolute Gasteiger partial charge is 0.356 e. The number of aromatic nitrogens is 5. The van der Waals surface area contributed by atoms with Crippen molar-refractivity contribution in [2.45, 2.75) is 19.9 Å². The average Bonchev–Trinajstić information content (AvgIpc) is 3.09. The summed E-state index contributed by atoms with van der Waals surface area (Å²) in [5.74, 6) is 0.494. The predicted octanol–water partition coefficient (Wildman–Crippen LogP) is 2.57. The van der Waals surface area contributed by atoms with E-state index in [0.29, 0.717) is 5.82 Å². The zero-order chi connectivity index (χ0) is 16.1. The van der Waals surface area contributed by atoms with Gasteiger partial charge in [-0.3, -0.25) is 0 Å². The van der Waals surface area contributed by atoms with Crippen LogP contribution in [0.15, 0.2) is 36.8 Å². The monoisotopic (exact) mass is 307 g/mol. The summed E-state index contributed by atoms with van der Waals surface area (Å²) >= 11 is 0. The van der Waals surface area contributed by atoms with Crippen molar-refractivity contribution in [2.75, 3.05) is 5.73 Å². The number of hydrogen-bond donors (Lipinski definition) is 2. The van der Waals surface area contributed by atoms with Crippen LogP contribution in [0, 0.1) is 0 Å². The van der Waals surface area contributed by atoms with Crippen molar-refractivity contribution in [3.63, 3.8) is 0 Å². The van der Waals surface area contributed by atoms with E-state index in [2.05, 4.69) is 63.9 Å². The summed E-state index contributed by atoms with van der Waals surface area (Å²) in [4.78, 5) is 8.57. The van der Waals surface area contributed by atoms with Crippen LogP contribution in [0.4, 0.5) is 5.82 Å². The molecule has 6 heteroatoms. The van der Waals surface area contributed by atoms with Gasteiger partial charge in [-0.15, -0.1) is 0 Å². The first-order valence-electron chi connectivity index (χ1n) is 7.65. The summed E-state index contributed by atoms with van der Waals surface area (Å²) < 4.78 is 4.13. The third kappa shape index (κ3) is 1.98. The van der Waals surface area contributed by atoms with Gasteiger partial charge >= 0.3 is 5.65 Å². The van der Waals surface area contributed by atoms with Gasteiger partial charge in [-0.25, -0.2) is 5.10 Å². The zero-order valence-corrected chi connectivity index (χ0v) is 13.4. The lowest BCUT2D eigenvalue weighted by atomic mass is 10.1. The van der Waals surface area contributed by atoms with E-state index in [1.54, 1.807) is 0 Å². The van der Waals surface area contributed by atoms with Gasteiger partial charge in [0.15, 0.2) is 0 Å². The Hall–Kier alpha value is -2.89. The highest BCUT2D eigenvalue weighted by Crippen LogP contribution is 2.30. The van der Waals surface area contributed by atoms with Crippen LogP contribution in [0.1, 0.15) is 19.9 Å². The second-order valence-corrected chi connectivity index (χ2v) is 6.11. The topological polar surface area (TPSA) is 76.4 Å². The van der Waals surface area contributed by atoms with Crippen LogP contribution in [0.3, 0.4) is 0 Å². The molecule has 23 heavy (non-hydrogen) atoms. The molecule has 0 saturated carbocycles. The number of fused-ring (bicyclic) bond motifs is 2. The van der Waals surface area contributed by atoms with Crippen LogP contribution in [0.25, 0.3) is 33.2 Å². The number of rotatable bonds is 2. The molecule has 0 spiro atoms. The van der Waals surface area contributed by atoms with Crippen molar-refractivity contribution in [1.29, 1.82) is 0 Å². The number of aryl methyl sites for hydroxylation is 1. The molecule has 0 amide bonds. The highest BCUT2D eigenvalue weighted by Gasteiger charge is 2.24. The quantitative estimate of drug-likeness (QED) is 0.559. The van der Waals surface area contributed by atoms with Crippen molar-refractivity contribution in [1.82, 2.24) is 19.6 Å². The van der Waals surface area contributed by atoms with Gasteiger partial charge in [0.05, 0.1) is 0 Å². The van der Waals surface area contributed by atoms with Crippen molar-refractivity contribution in [2.24, 2.45) is 7.05 Å². The molecule has 0 fully saturated rings. The number of anilines is 1. The first-order valence-corrected chi connectivity index (χ1v) is 7.65. The minimum atomic E-state index is 0.251. The molecule has 0 aliphatic carbocycles. The first-order chi connectivity index (χ1) is 11.1. The molecule has 3 heterocycles. The fraction of sp³-hybridized carbons (Fsp3) is 0.235. The maximum atomic E-state index is 6.14. The molecule has 0 aliphatic rings. The molecule has 0 unspecified atom stereocenters. The molecule has 0 radical (unpaired) electrons. The van der Waals surface area contributed by atoms with Crippen LogP contribution in [-0.4, -0.2) is 19.6 Å². The van der Waals surface area contributed by atoms with Gasteiger partial charge in [-0.2, -0.15) is 9.67 Å². The van der Waals surface area contributed by atoms with Crippen LogP contribution in [-0.2, 0) is 7.05 Å². The Morgan fingerprint density at radius 1 is 1.22 bits per heavy atom. The van der Waals surface area contributed by atoms with E-state index in [9.17, 15) is 0 Å². The molecule has 1 aromatic carbocycles. The lowest BCUT2D eigenvalue weighted by Crippen LogP contribution is -2.39. The number of benzene rings is 1. The fourth-order valence-electron chi connectivity index (χ4n) is 3.06. The third-order valence-corrected chi connectivity index (χ3v) is 4.26. The SMILES string of the molecule is CC(C)[n+]1[nH]c(-c2ccc3c(ccn3C)c2)c2c(N)ncnc21. The Bertz CT molecular complexity index is 1020. The standard InChI is InChI=1S/C17H18N6/c1-10(2)23-17-14(16(18)19-9-20-17)15(21-23)12-4-5-13-11(8-12)6-7-22(13)3/h4-10H,1-3H3,(H2,18,19,20,21)/p+1. The number of hydrogen-bond acceptors (Lipinski definition) is 3. The molecule has 3 aromatic heterocycles. The molecule has 4 aromatic rings. The molecule has 116 valence electrons. The minimum absolute atomic E-state index is 0.251. The highest BCUT2D eigenvalue weighted by atomic mass is 15.3. The van der Waals surface area contributed by atoms with E-state index >= 15 is 0 Å². The minimum Gasteiger partial charge on any atom is -0.383 e. The summed E-state index contributed by atoms with van der Waals surface area (Å²) in [7, 11) is 2.05. The van der Waals surface area contributed by atoms with E-state index in [0.717, 1.165) is 22.3 Å². The summed E-state index contributed by atoms with van der Waals surface area (Å²) in [6.07, 6.45) is 3.57. The number of aromatic amines is 1. The molecule has 4 rings (SSSR count). The Morgan fingerprint density at radius 3 is 2.83 bits per heavy atom. The molecule has 0 saturated heterocycles.